The minimum Gasteiger partial charge on any atom is -0.381 e. The van der Waals surface area contributed by atoms with Gasteiger partial charge in [0.1, 0.15) is 0 Å². The van der Waals surface area contributed by atoms with Gasteiger partial charge in [-0.3, -0.25) is 9.20 Å². The summed E-state index contributed by atoms with van der Waals surface area (Å²) in [7, 11) is 0. The molecule has 0 aliphatic carbocycles. The zero-order chi connectivity index (χ0) is 19.6. The first-order valence-electron chi connectivity index (χ1n) is 9.34. The number of fused-ring (bicyclic) bond motifs is 1. The predicted octanol–water partition coefficient (Wildman–Crippen LogP) is 1.24. The molecule has 4 rings (SSSR count). The summed E-state index contributed by atoms with van der Waals surface area (Å²) in [6, 6.07) is 12.9. The molecule has 3 heterocycles. The second-order valence-electron chi connectivity index (χ2n) is 7.12. The summed E-state index contributed by atoms with van der Waals surface area (Å²) in [5, 5.41) is 7.33. The van der Waals surface area contributed by atoms with Gasteiger partial charge in [-0.1, -0.05) is 18.2 Å². The van der Waals surface area contributed by atoms with Gasteiger partial charge in [0.05, 0.1) is 12.0 Å². The van der Waals surface area contributed by atoms with E-state index in [1.165, 1.54) is 9.08 Å². The minimum absolute atomic E-state index is 0.0830. The summed E-state index contributed by atoms with van der Waals surface area (Å²) < 4.78 is 8.29. The van der Waals surface area contributed by atoms with Gasteiger partial charge in [-0.2, -0.15) is 0 Å². The first kappa shape index (κ1) is 18.4. The minimum atomic E-state index is -0.590. The number of nitrogens with zero attached hydrogens (tertiary/aromatic N) is 3. The number of hydrogen-bond acceptors (Lipinski definition) is 5. The lowest BCUT2D eigenvalue weighted by atomic mass is 9.79. The maximum absolute atomic E-state index is 12.8. The Morgan fingerprint density at radius 1 is 1.21 bits per heavy atom. The molecule has 146 valence electrons. The standard InChI is InChI=1S/C20H23N5O3/c21-14-20(7-10-28-11-8-20)18(26)22-16-5-3-4-15(12-16)13-25-19(27)24-9-2-1-6-17(24)23-25/h1-6,9,12H,7-8,10-11,13-14,21H2,(H,22,26). The molecule has 8 heteroatoms. The van der Waals surface area contributed by atoms with Crippen molar-refractivity contribution in [3.05, 3.63) is 64.7 Å². The zero-order valence-electron chi connectivity index (χ0n) is 15.5. The van der Waals surface area contributed by atoms with Crippen LogP contribution in [0.15, 0.2) is 53.5 Å². The first-order chi connectivity index (χ1) is 13.6. The maximum Gasteiger partial charge on any atom is 0.350 e. The van der Waals surface area contributed by atoms with Crippen LogP contribution < -0.4 is 16.7 Å². The van der Waals surface area contributed by atoms with Crippen molar-refractivity contribution in [3.63, 3.8) is 0 Å². The van der Waals surface area contributed by atoms with E-state index in [0.29, 0.717) is 50.5 Å². The topological polar surface area (TPSA) is 104 Å². The molecule has 3 aromatic rings. The summed E-state index contributed by atoms with van der Waals surface area (Å²) in [5.41, 5.74) is 7.27. The average molecular weight is 381 g/mol. The number of nitrogens with two attached hydrogens (primary N) is 1. The maximum atomic E-state index is 12.8. The predicted molar refractivity (Wildman–Crippen MR) is 105 cm³/mol. The molecule has 3 N–H and O–H groups in total. The Morgan fingerprint density at radius 3 is 2.79 bits per heavy atom. The summed E-state index contributed by atoms with van der Waals surface area (Å²) in [6.07, 6.45) is 2.93. The Hall–Kier alpha value is -2.97. The molecule has 2 aromatic heterocycles. The van der Waals surface area contributed by atoms with Gasteiger partial charge in [-0.15, -0.1) is 5.10 Å². The molecule has 1 aromatic carbocycles. The van der Waals surface area contributed by atoms with Crippen LogP contribution in [0.3, 0.4) is 0 Å². The van der Waals surface area contributed by atoms with Crippen molar-refractivity contribution in [2.24, 2.45) is 11.1 Å². The highest BCUT2D eigenvalue weighted by Gasteiger charge is 2.38. The van der Waals surface area contributed by atoms with Crippen LogP contribution in [0, 0.1) is 5.41 Å². The highest BCUT2D eigenvalue weighted by molar-refractivity contribution is 5.95. The van der Waals surface area contributed by atoms with E-state index < -0.39 is 5.41 Å². The molecule has 1 aliphatic heterocycles. The van der Waals surface area contributed by atoms with Crippen LogP contribution in [0.2, 0.25) is 0 Å². The third-order valence-corrected chi connectivity index (χ3v) is 5.33. The molecule has 1 saturated heterocycles. The Balaban J connectivity index is 1.53. The second kappa shape index (κ2) is 7.57. The summed E-state index contributed by atoms with van der Waals surface area (Å²) in [6.45, 7) is 1.70. The number of aromatic nitrogens is 3. The van der Waals surface area contributed by atoms with Crippen molar-refractivity contribution < 1.29 is 9.53 Å². The number of ether oxygens (including phenoxy) is 1. The quantitative estimate of drug-likeness (QED) is 0.692. The molecule has 0 radical (unpaired) electrons. The SMILES string of the molecule is NCC1(C(=O)Nc2cccc(Cn3nc4ccccn4c3=O)c2)CCOCC1. The highest BCUT2D eigenvalue weighted by Crippen LogP contribution is 2.31. The van der Waals surface area contributed by atoms with E-state index in [1.807, 2.05) is 30.3 Å². The molecular formula is C20H23N5O3. The normalized spacial score (nSPS) is 16.2. The molecule has 0 atom stereocenters. The number of rotatable bonds is 5. The molecule has 0 unspecified atom stereocenters. The van der Waals surface area contributed by atoms with Crippen LogP contribution in [0.5, 0.6) is 0 Å². The van der Waals surface area contributed by atoms with Crippen LogP contribution >= 0.6 is 0 Å². The number of hydrogen-bond donors (Lipinski definition) is 2. The van der Waals surface area contributed by atoms with Gasteiger partial charge in [-0.05, 0) is 42.7 Å². The fourth-order valence-corrected chi connectivity index (χ4v) is 3.54. The van der Waals surface area contributed by atoms with E-state index in [4.69, 9.17) is 10.5 Å². The van der Waals surface area contributed by atoms with E-state index in [9.17, 15) is 9.59 Å². The van der Waals surface area contributed by atoms with Gasteiger partial charge in [0.2, 0.25) is 5.91 Å². The number of anilines is 1. The fourth-order valence-electron chi connectivity index (χ4n) is 3.54. The van der Waals surface area contributed by atoms with Crippen molar-refractivity contribution in [2.75, 3.05) is 25.1 Å². The summed E-state index contributed by atoms with van der Waals surface area (Å²) >= 11 is 0. The fraction of sp³-hybridized carbons (Fsp3) is 0.350. The molecule has 28 heavy (non-hydrogen) atoms. The van der Waals surface area contributed by atoms with Gasteiger partial charge >= 0.3 is 5.69 Å². The van der Waals surface area contributed by atoms with Crippen molar-refractivity contribution in [2.45, 2.75) is 19.4 Å². The number of amides is 1. The molecule has 1 aliphatic rings. The molecule has 1 fully saturated rings. The third-order valence-electron chi connectivity index (χ3n) is 5.33. The number of benzene rings is 1. The number of nitrogens with one attached hydrogen (secondary N) is 1. The Morgan fingerprint density at radius 2 is 2.04 bits per heavy atom. The van der Waals surface area contributed by atoms with E-state index >= 15 is 0 Å². The lowest BCUT2D eigenvalue weighted by Crippen LogP contribution is -2.46. The van der Waals surface area contributed by atoms with E-state index in [0.717, 1.165) is 5.56 Å². The monoisotopic (exact) mass is 381 g/mol. The lowest BCUT2D eigenvalue weighted by molar-refractivity contribution is -0.130. The number of carbonyl (C=O) groups is 1. The number of pyridine rings is 1. The van der Waals surface area contributed by atoms with Crippen LogP contribution in [0.4, 0.5) is 5.69 Å². The second-order valence-corrected chi connectivity index (χ2v) is 7.12. The van der Waals surface area contributed by atoms with Gasteiger partial charge < -0.3 is 15.8 Å². The van der Waals surface area contributed by atoms with Crippen LogP contribution in [0.25, 0.3) is 5.65 Å². The molecule has 0 spiro atoms. The van der Waals surface area contributed by atoms with E-state index in [2.05, 4.69) is 10.4 Å². The molecule has 8 nitrogen and oxygen atoms in total. The number of carbonyl (C=O) groups excluding carboxylic acids is 1. The molecule has 0 bridgehead atoms. The van der Waals surface area contributed by atoms with E-state index in [-0.39, 0.29) is 11.6 Å². The smallest absolute Gasteiger partial charge is 0.350 e. The van der Waals surface area contributed by atoms with E-state index in [1.54, 1.807) is 18.3 Å². The van der Waals surface area contributed by atoms with Crippen LogP contribution in [0.1, 0.15) is 18.4 Å². The summed E-state index contributed by atoms with van der Waals surface area (Å²) in [5.74, 6) is -0.0830. The summed E-state index contributed by atoms with van der Waals surface area (Å²) in [4.78, 5) is 25.3. The van der Waals surface area contributed by atoms with Crippen LogP contribution in [-0.2, 0) is 16.1 Å². The van der Waals surface area contributed by atoms with Crippen LogP contribution in [-0.4, -0.2) is 39.8 Å². The Labute approximate surface area is 161 Å². The van der Waals surface area contributed by atoms with Gasteiger partial charge in [0, 0.05) is 31.6 Å². The van der Waals surface area contributed by atoms with Crippen molar-refractivity contribution in [1.29, 1.82) is 0 Å². The molecule has 1 amide bonds. The van der Waals surface area contributed by atoms with Gasteiger partial charge in [0.15, 0.2) is 5.65 Å². The largest absolute Gasteiger partial charge is 0.381 e. The van der Waals surface area contributed by atoms with Crippen molar-refractivity contribution in [1.82, 2.24) is 14.2 Å². The van der Waals surface area contributed by atoms with Crippen molar-refractivity contribution >= 4 is 17.2 Å². The molecular weight excluding hydrogens is 358 g/mol. The Kier molecular flexibility index (Phi) is 4.97. The first-order valence-corrected chi connectivity index (χ1v) is 9.34. The Bertz CT molecular complexity index is 1050. The highest BCUT2D eigenvalue weighted by atomic mass is 16.5. The average Bonchev–Trinajstić information content (AvgIpc) is 3.04. The molecule has 0 saturated carbocycles. The van der Waals surface area contributed by atoms with Gasteiger partial charge in [-0.25, -0.2) is 9.48 Å². The zero-order valence-corrected chi connectivity index (χ0v) is 15.5. The van der Waals surface area contributed by atoms with Gasteiger partial charge in [0.25, 0.3) is 0 Å². The van der Waals surface area contributed by atoms with Crippen molar-refractivity contribution in [3.8, 4) is 0 Å². The third kappa shape index (κ3) is 3.44. The lowest BCUT2D eigenvalue weighted by Gasteiger charge is -2.34.